The van der Waals surface area contributed by atoms with Gasteiger partial charge >= 0.3 is 0 Å². The summed E-state index contributed by atoms with van der Waals surface area (Å²) in [6.07, 6.45) is 13.5. The van der Waals surface area contributed by atoms with Crippen LogP contribution in [0.5, 0.6) is 0 Å². The molecule has 0 amide bonds. The summed E-state index contributed by atoms with van der Waals surface area (Å²) in [4.78, 5) is 2.39. The fourth-order valence-corrected chi connectivity index (χ4v) is 3.12. The van der Waals surface area contributed by atoms with Crippen molar-refractivity contribution in [3.63, 3.8) is 0 Å². The maximum Gasteiger partial charge on any atom is 0.0598 e. The molecule has 1 heterocycles. The Hall–Kier alpha value is -0.520. The molecule has 2 rings (SSSR count). The van der Waals surface area contributed by atoms with Crippen molar-refractivity contribution in [2.24, 2.45) is 5.41 Å². The molecule has 96 valence electrons. The number of hydrogen-bond acceptors (Lipinski definition) is 2. The van der Waals surface area contributed by atoms with Gasteiger partial charge < -0.3 is 5.32 Å². The van der Waals surface area contributed by atoms with Crippen LogP contribution in [0.1, 0.15) is 45.4 Å². The second kappa shape index (κ2) is 5.89. The van der Waals surface area contributed by atoms with Crippen LogP contribution in [0, 0.1) is 17.8 Å². The summed E-state index contributed by atoms with van der Waals surface area (Å²) in [5, 5.41) is 3.80. The van der Waals surface area contributed by atoms with Crippen LogP contribution in [0.2, 0.25) is 0 Å². The van der Waals surface area contributed by atoms with E-state index in [0.29, 0.717) is 5.41 Å². The molecule has 2 aliphatic rings. The Balaban J connectivity index is 1.66. The van der Waals surface area contributed by atoms with Gasteiger partial charge in [0.15, 0.2) is 0 Å². The molecule has 0 atom stereocenters. The Kier molecular flexibility index (Phi) is 4.48. The summed E-state index contributed by atoms with van der Waals surface area (Å²) in [5.74, 6) is 2.74. The largest absolute Gasteiger partial charge is 0.313 e. The molecule has 0 spiro atoms. The van der Waals surface area contributed by atoms with Crippen molar-refractivity contribution in [1.29, 1.82) is 0 Å². The Morgan fingerprint density at radius 2 is 2.06 bits per heavy atom. The molecule has 1 aliphatic heterocycles. The Bertz CT molecular complexity index is 262. The fraction of sp³-hybridized carbons (Fsp3) is 0.867. The van der Waals surface area contributed by atoms with Crippen molar-refractivity contribution < 1.29 is 0 Å². The number of hydrogen-bond donors (Lipinski definition) is 1. The first-order chi connectivity index (χ1) is 8.28. The molecule has 2 heteroatoms. The second-order valence-electron chi connectivity index (χ2n) is 5.84. The summed E-state index contributed by atoms with van der Waals surface area (Å²) in [5.41, 5.74) is 0.649. The average Bonchev–Trinajstić information content (AvgIpc) is 2.31. The van der Waals surface area contributed by atoms with Gasteiger partial charge in [0, 0.05) is 25.7 Å². The van der Waals surface area contributed by atoms with Crippen molar-refractivity contribution in [2.45, 2.75) is 51.5 Å². The molecule has 17 heavy (non-hydrogen) atoms. The molecule has 0 bridgehead atoms. The van der Waals surface area contributed by atoms with Gasteiger partial charge in [-0.15, -0.1) is 6.42 Å². The molecule has 0 aromatic carbocycles. The first-order valence-electron chi connectivity index (χ1n) is 7.17. The van der Waals surface area contributed by atoms with E-state index in [2.05, 4.69) is 23.1 Å². The quantitative estimate of drug-likeness (QED) is 0.734. The van der Waals surface area contributed by atoms with Gasteiger partial charge in [-0.05, 0) is 37.5 Å². The third-order valence-electron chi connectivity index (χ3n) is 4.83. The lowest BCUT2D eigenvalue weighted by Gasteiger charge is -2.43. The van der Waals surface area contributed by atoms with Gasteiger partial charge in [0.1, 0.15) is 0 Å². The van der Waals surface area contributed by atoms with Gasteiger partial charge in [-0.2, -0.15) is 0 Å². The van der Waals surface area contributed by atoms with E-state index in [0.717, 1.165) is 12.6 Å². The molecule has 0 aromatic rings. The molecule has 1 aliphatic carbocycles. The van der Waals surface area contributed by atoms with Gasteiger partial charge in [0.2, 0.25) is 0 Å². The second-order valence-corrected chi connectivity index (χ2v) is 5.84. The van der Waals surface area contributed by atoms with Crippen molar-refractivity contribution in [3.05, 3.63) is 0 Å². The normalized spacial score (nSPS) is 25.2. The van der Waals surface area contributed by atoms with Crippen molar-refractivity contribution in [2.75, 3.05) is 26.2 Å². The predicted molar refractivity (Wildman–Crippen MR) is 72.9 cm³/mol. The molecule has 1 saturated heterocycles. The molecule has 2 nitrogen and oxygen atoms in total. The summed E-state index contributed by atoms with van der Waals surface area (Å²) in [6, 6.07) is 0.730. The highest BCUT2D eigenvalue weighted by molar-refractivity contribution is 4.92. The first-order valence-corrected chi connectivity index (χ1v) is 7.17. The van der Waals surface area contributed by atoms with E-state index >= 15 is 0 Å². The smallest absolute Gasteiger partial charge is 0.0598 e. The highest BCUT2D eigenvalue weighted by atomic mass is 15.1. The van der Waals surface area contributed by atoms with E-state index in [9.17, 15) is 0 Å². The third-order valence-corrected chi connectivity index (χ3v) is 4.83. The van der Waals surface area contributed by atoms with Crippen LogP contribution in [0.15, 0.2) is 0 Å². The van der Waals surface area contributed by atoms with Crippen LogP contribution in [-0.2, 0) is 0 Å². The van der Waals surface area contributed by atoms with Crippen molar-refractivity contribution in [1.82, 2.24) is 10.2 Å². The van der Waals surface area contributed by atoms with Crippen LogP contribution in [0.3, 0.4) is 0 Å². The zero-order valence-electron chi connectivity index (χ0n) is 11.2. The van der Waals surface area contributed by atoms with Gasteiger partial charge in [-0.25, -0.2) is 0 Å². The van der Waals surface area contributed by atoms with Gasteiger partial charge in [0.25, 0.3) is 0 Å². The van der Waals surface area contributed by atoms with Crippen molar-refractivity contribution >= 4 is 0 Å². The number of nitrogens with zero attached hydrogens (tertiary/aromatic N) is 1. The monoisotopic (exact) mass is 234 g/mol. The zero-order valence-corrected chi connectivity index (χ0v) is 11.2. The lowest BCUT2D eigenvalue weighted by Crippen LogP contribution is -2.47. The van der Waals surface area contributed by atoms with E-state index in [4.69, 9.17) is 6.42 Å². The minimum Gasteiger partial charge on any atom is -0.313 e. The van der Waals surface area contributed by atoms with E-state index in [-0.39, 0.29) is 0 Å². The molecule has 0 unspecified atom stereocenters. The van der Waals surface area contributed by atoms with Gasteiger partial charge in [-0.3, -0.25) is 4.90 Å². The summed E-state index contributed by atoms with van der Waals surface area (Å²) in [6.45, 7) is 6.74. The standard InChI is InChI=1S/C15H26N2/c1-3-10-17-11-6-14(7-12-17)16-13-15(4-2)8-5-9-15/h1,14,16H,4-13H2,2H3. The summed E-state index contributed by atoms with van der Waals surface area (Å²) in [7, 11) is 0. The summed E-state index contributed by atoms with van der Waals surface area (Å²) < 4.78 is 0. The third kappa shape index (κ3) is 3.24. The van der Waals surface area contributed by atoms with E-state index in [1.165, 1.54) is 58.2 Å². The summed E-state index contributed by atoms with van der Waals surface area (Å²) >= 11 is 0. The lowest BCUT2D eigenvalue weighted by atomic mass is 9.67. The van der Waals surface area contributed by atoms with Crippen LogP contribution in [-0.4, -0.2) is 37.1 Å². The highest BCUT2D eigenvalue weighted by Crippen LogP contribution is 2.43. The van der Waals surface area contributed by atoms with Crippen LogP contribution in [0.4, 0.5) is 0 Å². The maximum atomic E-state index is 5.35. The maximum absolute atomic E-state index is 5.35. The first kappa shape index (κ1) is 12.9. The van der Waals surface area contributed by atoms with Crippen LogP contribution >= 0.6 is 0 Å². The van der Waals surface area contributed by atoms with Crippen molar-refractivity contribution in [3.8, 4) is 12.3 Å². The van der Waals surface area contributed by atoms with Gasteiger partial charge in [-0.1, -0.05) is 19.3 Å². The van der Waals surface area contributed by atoms with Crippen LogP contribution in [0.25, 0.3) is 0 Å². The van der Waals surface area contributed by atoms with Gasteiger partial charge in [0.05, 0.1) is 6.54 Å². The Morgan fingerprint density at radius 1 is 1.35 bits per heavy atom. The predicted octanol–water partition coefficient (Wildman–Crippen LogP) is 2.25. The van der Waals surface area contributed by atoms with E-state index < -0.39 is 0 Å². The minimum absolute atomic E-state index is 0.649. The minimum atomic E-state index is 0.649. The fourth-order valence-electron chi connectivity index (χ4n) is 3.12. The topological polar surface area (TPSA) is 15.3 Å². The number of rotatable bonds is 5. The Labute approximate surface area is 106 Å². The van der Waals surface area contributed by atoms with E-state index in [1.807, 2.05) is 0 Å². The van der Waals surface area contributed by atoms with Crippen LogP contribution < -0.4 is 5.32 Å². The molecular formula is C15H26N2. The zero-order chi connectivity index (χ0) is 12.1. The number of likely N-dealkylation sites (tertiary alicyclic amines) is 1. The average molecular weight is 234 g/mol. The highest BCUT2D eigenvalue weighted by Gasteiger charge is 2.35. The Morgan fingerprint density at radius 3 is 2.53 bits per heavy atom. The molecule has 2 fully saturated rings. The number of nitrogens with one attached hydrogen (secondary N) is 1. The molecule has 0 radical (unpaired) electrons. The molecule has 0 aromatic heterocycles. The van der Waals surface area contributed by atoms with E-state index in [1.54, 1.807) is 0 Å². The molecule has 1 saturated carbocycles. The number of piperidine rings is 1. The molecular weight excluding hydrogens is 208 g/mol. The number of terminal acetylenes is 1. The molecule has 1 N–H and O–H groups in total. The SMILES string of the molecule is C#CCN1CCC(NCC2(CC)CCC2)CC1. The lowest BCUT2D eigenvalue weighted by molar-refractivity contribution is 0.110.